The van der Waals surface area contributed by atoms with Crippen LogP contribution in [0.5, 0.6) is 0 Å². The fraction of sp³-hybridized carbons (Fsp3) is 0.294. The molecule has 0 spiro atoms. The second-order valence-corrected chi connectivity index (χ2v) is 5.63. The van der Waals surface area contributed by atoms with Crippen molar-refractivity contribution in [1.82, 2.24) is 10.2 Å². The minimum atomic E-state index is 0.815. The van der Waals surface area contributed by atoms with Crippen LogP contribution in [-0.2, 0) is 6.54 Å². The van der Waals surface area contributed by atoms with Crippen LogP contribution in [0, 0.1) is 0 Å². The van der Waals surface area contributed by atoms with Crippen molar-refractivity contribution in [3.63, 3.8) is 0 Å². The molecule has 2 nitrogen and oxygen atoms in total. The number of benzene rings is 2. The predicted octanol–water partition coefficient (Wildman–Crippen LogP) is 3.41. The minimum absolute atomic E-state index is 0.815. The zero-order valence-electron chi connectivity index (χ0n) is 11.5. The Morgan fingerprint density at radius 1 is 1.00 bits per heavy atom. The monoisotopic (exact) mass is 286 g/mol. The van der Waals surface area contributed by atoms with Crippen molar-refractivity contribution in [2.24, 2.45) is 0 Å². The van der Waals surface area contributed by atoms with Gasteiger partial charge in [0.2, 0.25) is 0 Å². The maximum atomic E-state index is 6.19. The summed E-state index contributed by atoms with van der Waals surface area (Å²) in [6.45, 7) is 5.30. The summed E-state index contributed by atoms with van der Waals surface area (Å²) in [6, 6.07) is 16.7. The third kappa shape index (κ3) is 3.21. The van der Waals surface area contributed by atoms with Crippen LogP contribution in [0.25, 0.3) is 11.1 Å². The SMILES string of the molecule is Clc1ccc(-c2ccccc2)c(CN2CCNCC2)c1. The first-order valence-electron chi connectivity index (χ1n) is 7.10. The number of halogens is 1. The lowest BCUT2D eigenvalue weighted by Gasteiger charge is -2.28. The third-order valence-electron chi connectivity index (χ3n) is 3.76. The molecule has 20 heavy (non-hydrogen) atoms. The molecule has 3 heteroatoms. The van der Waals surface area contributed by atoms with E-state index < -0.39 is 0 Å². The maximum Gasteiger partial charge on any atom is 0.0409 e. The van der Waals surface area contributed by atoms with E-state index in [0.717, 1.165) is 37.7 Å². The van der Waals surface area contributed by atoms with Crippen molar-refractivity contribution in [2.75, 3.05) is 26.2 Å². The van der Waals surface area contributed by atoms with E-state index >= 15 is 0 Å². The van der Waals surface area contributed by atoms with Gasteiger partial charge < -0.3 is 5.32 Å². The summed E-state index contributed by atoms with van der Waals surface area (Å²) in [5.41, 5.74) is 3.86. The van der Waals surface area contributed by atoms with Crippen molar-refractivity contribution < 1.29 is 0 Å². The summed E-state index contributed by atoms with van der Waals surface area (Å²) in [6.07, 6.45) is 0. The van der Waals surface area contributed by atoms with Crippen LogP contribution in [-0.4, -0.2) is 31.1 Å². The first-order chi connectivity index (χ1) is 9.83. The Hall–Kier alpha value is -1.35. The number of piperazine rings is 1. The van der Waals surface area contributed by atoms with Gasteiger partial charge >= 0.3 is 0 Å². The number of hydrogen-bond acceptors (Lipinski definition) is 2. The summed E-state index contributed by atoms with van der Waals surface area (Å²) in [7, 11) is 0. The first kappa shape index (κ1) is 13.6. The van der Waals surface area contributed by atoms with Gasteiger partial charge in [0, 0.05) is 37.7 Å². The van der Waals surface area contributed by atoms with E-state index in [-0.39, 0.29) is 0 Å². The second-order valence-electron chi connectivity index (χ2n) is 5.19. The molecule has 1 N–H and O–H groups in total. The Morgan fingerprint density at radius 2 is 1.75 bits per heavy atom. The van der Waals surface area contributed by atoms with Gasteiger partial charge in [0.1, 0.15) is 0 Å². The van der Waals surface area contributed by atoms with Crippen LogP contribution in [0.4, 0.5) is 0 Å². The zero-order chi connectivity index (χ0) is 13.8. The van der Waals surface area contributed by atoms with Gasteiger partial charge in [-0.15, -0.1) is 0 Å². The predicted molar refractivity (Wildman–Crippen MR) is 85.0 cm³/mol. The van der Waals surface area contributed by atoms with Crippen LogP contribution in [0.2, 0.25) is 5.02 Å². The second kappa shape index (κ2) is 6.40. The molecule has 0 unspecified atom stereocenters. The molecule has 0 radical (unpaired) electrons. The van der Waals surface area contributed by atoms with Gasteiger partial charge in [-0.3, -0.25) is 4.90 Å². The van der Waals surface area contributed by atoms with E-state index in [1.54, 1.807) is 0 Å². The summed E-state index contributed by atoms with van der Waals surface area (Å²) < 4.78 is 0. The van der Waals surface area contributed by atoms with Gasteiger partial charge in [0.05, 0.1) is 0 Å². The van der Waals surface area contributed by atoms with E-state index in [2.05, 4.69) is 52.7 Å². The van der Waals surface area contributed by atoms with E-state index in [9.17, 15) is 0 Å². The molecule has 2 aromatic carbocycles. The average Bonchev–Trinajstić information content (AvgIpc) is 2.49. The third-order valence-corrected chi connectivity index (χ3v) is 3.99. The first-order valence-corrected chi connectivity index (χ1v) is 7.48. The highest BCUT2D eigenvalue weighted by atomic mass is 35.5. The molecule has 104 valence electrons. The molecule has 0 aromatic heterocycles. The zero-order valence-corrected chi connectivity index (χ0v) is 12.2. The van der Waals surface area contributed by atoms with Crippen LogP contribution in [0.3, 0.4) is 0 Å². The Morgan fingerprint density at radius 3 is 2.50 bits per heavy atom. The van der Waals surface area contributed by atoms with Crippen LogP contribution in [0.1, 0.15) is 5.56 Å². The molecule has 1 fully saturated rings. The van der Waals surface area contributed by atoms with Gasteiger partial charge in [-0.05, 0) is 28.8 Å². The molecule has 0 bridgehead atoms. The Kier molecular flexibility index (Phi) is 4.36. The fourth-order valence-electron chi connectivity index (χ4n) is 2.70. The number of nitrogens with one attached hydrogen (secondary N) is 1. The molecular weight excluding hydrogens is 268 g/mol. The molecule has 1 heterocycles. The Balaban J connectivity index is 1.90. The minimum Gasteiger partial charge on any atom is -0.314 e. The van der Waals surface area contributed by atoms with Gasteiger partial charge in [0.25, 0.3) is 0 Å². The number of nitrogens with zero attached hydrogens (tertiary/aromatic N) is 1. The van der Waals surface area contributed by atoms with Gasteiger partial charge in [0.15, 0.2) is 0 Å². The molecule has 0 aliphatic carbocycles. The molecule has 0 atom stereocenters. The highest BCUT2D eigenvalue weighted by Crippen LogP contribution is 2.27. The fourth-order valence-corrected chi connectivity index (χ4v) is 2.90. The van der Waals surface area contributed by atoms with Gasteiger partial charge in [-0.1, -0.05) is 48.0 Å². The van der Waals surface area contributed by atoms with E-state index in [1.165, 1.54) is 16.7 Å². The Labute approximate surface area is 125 Å². The van der Waals surface area contributed by atoms with E-state index in [4.69, 9.17) is 11.6 Å². The largest absolute Gasteiger partial charge is 0.314 e. The molecule has 0 amide bonds. The quantitative estimate of drug-likeness (QED) is 0.930. The van der Waals surface area contributed by atoms with Crippen molar-refractivity contribution in [3.05, 3.63) is 59.1 Å². The maximum absolute atomic E-state index is 6.19. The van der Waals surface area contributed by atoms with E-state index in [1.807, 2.05) is 6.07 Å². The standard InChI is InChI=1S/C17H19ClN2/c18-16-6-7-17(14-4-2-1-3-5-14)15(12-16)13-20-10-8-19-9-11-20/h1-7,12,19H,8-11,13H2. The van der Waals surface area contributed by atoms with Crippen LogP contribution >= 0.6 is 11.6 Å². The molecule has 1 aliphatic rings. The number of rotatable bonds is 3. The lowest BCUT2D eigenvalue weighted by atomic mass is 9.99. The van der Waals surface area contributed by atoms with Crippen LogP contribution in [0.15, 0.2) is 48.5 Å². The molecule has 2 aromatic rings. The molecule has 1 aliphatic heterocycles. The van der Waals surface area contributed by atoms with Crippen molar-refractivity contribution in [2.45, 2.75) is 6.54 Å². The smallest absolute Gasteiger partial charge is 0.0409 e. The van der Waals surface area contributed by atoms with Crippen molar-refractivity contribution in [3.8, 4) is 11.1 Å². The topological polar surface area (TPSA) is 15.3 Å². The summed E-state index contributed by atoms with van der Waals surface area (Å²) in [4.78, 5) is 2.48. The van der Waals surface area contributed by atoms with Crippen LogP contribution < -0.4 is 5.32 Å². The molecule has 0 saturated carbocycles. The number of hydrogen-bond donors (Lipinski definition) is 1. The summed E-state index contributed by atoms with van der Waals surface area (Å²) in [5.74, 6) is 0. The van der Waals surface area contributed by atoms with Gasteiger partial charge in [-0.2, -0.15) is 0 Å². The van der Waals surface area contributed by atoms with Crippen molar-refractivity contribution >= 4 is 11.6 Å². The lowest BCUT2D eigenvalue weighted by Crippen LogP contribution is -2.42. The highest BCUT2D eigenvalue weighted by Gasteiger charge is 2.13. The van der Waals surface area contributed by atoms with Gasteiger partial charge in [-0.25, -0.2) is 0 Å². The van der Waals surface area contributed by atoms with E-state index in [0.29, 0.717) is 0 Å². The van der Waals surface area contributed by atoms with Crippen molar-refractivity contribution in [1.29, 1.82) is 0 Å². The average molecular weight is 287 g/mol. The highest BCUT2D eigenvalue weighted by molar-refractivity contribution is 6.30. The normalized spacial score (nSPS) is 16.2. The molecular formula is C17H19ClN2. The summed E-state index contributed by atoms with van der Waals surface area (Å²) in [5, 5.41) is 4.21. The summed E-state index contributed by atoms with van der Waals surface area (Å²) >= 11 is 6.19. The molecule has 3 rings (SSSR count). The Bertz CT molecular complexity index is 562. The molecule has 1 saturated heterocycles. The lowest BCUT2D eigenvalue weighted by molar-refractivity contribution is 0.233.